The molecule has 2 bridgehead atoms. The second-order valence-corrected chi connectivity index (χ2v) is 5.34. The van der Waals surface area contributed by atoms with Crippen LogP contribution in [-0.2, 0) is 4.79 Å². The molecule has 2 heterocycles. The Morgan fingerprint density at radius 3 is 2.35 bits per heavy atom. The van der Waals surface area contributed by atoms with E-state index in [9.17, 15) is 4.79 Å². The van der Waals surface area contributed by atoms with E-state index in [1.807, 2.05) is 0 Å². The van der Waals surface area contributed by atoms with Gasteiger partial charge in [-0.2, -0.15) is 0 Å². The molecule has 0 aliphatic carbocycles. The van der Waals surface area contributed by atoms with Crippen molar-refractivity contribution in [3.8, 4) is 0 Å². The van der Waals surface area contributed by atoms with E-state index in [2.05, 4.69) is 29.4 Å². The van der Waals surface area contributed by atoms with Crippen LogP contribution in [0.5, 0.6) is 0 Å². The number of rotatable bonds is 5. The lowest BCUT2D eigenvalue weighted by Crippen LogP contribution is -2.50. The first-order chi connectivity index (χ1) is 8.21. The predicted molar refractivity (Wildman–Crippen MR) is 68.9 cm³/mol. The van der Waals surface area contributed by atoms with Gasteiger partial charge >= 0.3 is 0 Å². The van der Waals surface area contributed by atoms with Crippen molar-refractivity contribution < 1.29 is 4.79 Å². The molecular weight excluding hydrogens is 214 g/mol. The van der Waals surface area contributed by atoms with Crippen molar-refractivity contribution in [2.75, 3.05) is 19.6 Å². The van der Waals surface area contributed by atoms with E-state index in [1.54, 1.807) is 0 Å². The SMILES string of the molecule is CCN(CC)CC(=O)NC1CC2CCC(C1)N2. The summed E-state index contributed by atoms with van der Waals surface area (Å²) in [7, 11) is 0. The summed E-state index contributed by atoms with van der Waals surface area (Å²) in [5, 5.41) is 6.79. The maximum absolute atomic E-state index is 11.9. The van der Waals surface area contributed by atoms with Gasteiger partial charge in [-0.1, -0.05) is 13.8 Å². The second kappa shape index (κ2) is 5.83. The molecule has 2 fully saturated rings. The fourth-order valence-corrected chi connectivity index (χ4v) is 3.10. The van der Waals surface area contributed by atoms with Crippen LogP contribution in [-0.4, -0.2) is 48.6 Å². The molecule has 0 radical (unpaired) electrons. The molecule has 2 rings (SSSR count). The maximum atomic E-state index is 11.9. The maximum Gasteiger partial charge on any atom is 0.234 e. The molecule has 17 heavy (non-hydrogen) atoms. The summed E-state index contributed by atoms with van der Waals surface area (Å²) in [5.41, 5.74) is 0. The van der Waals surface area contributed by atoms with Crippen LogP contribution >= 0.6 is 0 Å². The third kappa shape index (κ3) is 3.42. The highest BCUT2D eigenvalue weighted by Crippen LogP contribution is 2.26. The number of likely N-dealkylation sites (N-methyl/N-ethyl adjacent to an activating group) is 1. The van der Waals surface area contributed by atoms with E-state index < -0.39 is 0 Å². The average Bonchev–Trinajstić information content (AvgIpc) is 2.65. The molecule has 2 saturated heterocycles. The highest BCUT2D eigenvalue weighted by Gasteiger charge is 2.33. The summed E-state index contributed by atoms with van der Waals surface area (Å²) in [6.45, 7) is 6.64. The van der Waals surface area contributed by atoms with Crippen molar-refractivity contribution in [2.45, 2.75) is 57.7 Å². The molecule has 4 heteroatoms. The Balaban J connectivity index is 1.75. The number of hydrogen-bond acceptors (Lipinski definition) is 3. The van der Waals surface area contributed by atoms with Gasteiger partial charge in [0.2, 0.25) is 5.91 Å². The van der Waals surface area contributed by atoms with Crippen molar-refractivity contribution in [1.82, 2.24) is 15.5 Å². The number of nitrogens with zero attached hydrogens (tertiary/aromatic N) is 1. The van der Waals surface area contributed by atoms with Crippen LogP contribution in [0.4, 0.5) is 0 Å². The Kier molecular flexibility index (Phi) is 4.40. The second-order valence-electron chi connectivity index (χ2n) is 5.34. The highest BCUT2D eigenvalue weighted by molar-refractivity contribution is 5.78. The van der Waals surface area contributed by atoms with Gasteiger partial charge in [-0.05, 0) is 38.8 Å². The molecular formula is C13H25N3O. The lowest BCUT2D eigenvalue weighted by molar-refractivity contribution is -0.123. The van der Waals surface area contributed by atoms with Crippen LogP contribution in [0.2, 0.25) is 0 Å². The molecule has 2 atom stereocenters. The molecule has 0 aromatic rings. The van der Waals surface area contributed by atoms with Gasteiger partial charge in [0.05, 0.1) is 6.54 Å². The monoisotopic (exact) mass is 239 g/mol. The molecule has 1 amide bonds. The Hall–Kier alpha value is -0.610. The largest absolute Gasteiger partial charge is 0.352 e. The molecule has 0 saturated carbocycles. The molecule has 2 aliphatic heterocycles. The van der Waals surface area contributed by atoms with Crippen molar-refractivity contribution in [3.63, 3.8) is 0 Å². The zero-order chi connectivity index (χ0) is 12.3. The van der Waals surface area contributed by atoms with Crippen LogP contribution in [0.3, 0.4) is 0 Å². The zero-order valence-electron chi connectivity index (χ0n) is 11.0. The minimum Gasteiger partial charge on any atom is -0.352 e. The van der Waals surface area contributed by atoms with E-state index >= 15 is 0 Å². The summed E-state index contributed by atoms with van der Waals surface area (Å²) >= 11 is 0. The van der Waals surface area contributed by atoms with Crippen molar-refractivity contribution in [2.24, 2.45) is 0 Å². The number of amides is 1. The zero-order valence-corrected chi connectivity index (χ0v) is 11.0. The quantitative estimate of drug-likeness (QED) is 0.743. The van der Waals surface area contributed by atoms with E-state index in [0.717, 1.165) is 25.9 Å². The van der Waals surface area contributed by atoms with Gasteiger partial charge < -0.3 is 10.6 Å². The Morgan fingerprint density at radius 1 is 1.24 bits per heavy atom. The third-order valence-electron chi connectivity index (χ3n) is 4.10. The first-order valence-electron chi connectivity index (χ1n) is 6.99. The standard InChI is InChI=1S/C13H25N3O/c1-3-16(4-2)9-13(17)15-12-7-10-5-6-11(8-12)14-10/h10-12,14H,3-9H2,1-2H3,(H,15,17). The summed E-state index contributed by atoms with van der Waals surface area (Å²) in [6.07, 6.45) is 4.79. The predicted octanol–water partition coefficient (Wildman–Crippen LogP) is 0.727. The molecule has 2 aliphatic rings. The van der Waals surface area contributed by atoms with Gasteiger partial charge in [0.25, 0.3) is 0 Å². The van der Waals surface area contributed by atoms with Crippen LogP contribution < -0.4 is 10.6 Å². The van der Waals surface area contributed by atoms with Gasteiger partial charge in [0.15, 0.2) is 0 Å². The van der Waals surface area contributed by atoms with E-state index in [4.69, 9.17) is 0 Å². The van der Waals surface area contributed by atoms with Crippen LogP contribution in [0.15, 0.2) is 0 Å². The third-order valence-corrected chi connectivity index (χ3v) is 4.10. The summed E-state index contributed by atoms with van der Waals surface area (Å²) in [5.74, 6) is 0.194. The number of carbonyl (C=O) groups excluding carboxylic acids is 1. The number of hydrogen-bond donors (Lipinski definition) is 2. The molecule has 0 spiro atoms. The summed E-state index contributed by atoms with van der Waals surface area (Å²) in [6, 6.07) is 1.69. The molecule has 2 N–H and O–H groups in total. The van der Waals surface area contributed by atoms with Crippen molar-refractivity contribution >= 4 is 5.91 Å². The highest BCUT2D eigenvalue weighted by atomic mass is 16.2. The lowest BCUT2D eigenvalue weighted by Gasteiger charge is -2.30. The summed E-state index contributed by atoms with van der Waals surface area (Å²) < 4.78 is 0. The van der Waals surface area contributed by atoms with Crippen molar-refractivity contribution in [1.29, 1.82) is 0 Å². The Labute approximate surface area is 104 Å². The van der Waals surface area contributed by atoms with E-state index in [1.165, 1.54) is 12.8 Å². The fraction of sp³-hybridized carbons (Fsp3) is 0.923. The lowest BCUT2D eigenvalue weighted by atomic mass is 10.00. The topological polar surface area (TPSA) is 44.4 Å². The molecule has 0 aromatic heterocycles. The van der Waals surface area contributed by atoms with Crippen LogP contribution in [0, 0.1) is 0 Å². The minimum atomic E-state index is 0.194. The minimum absolute atomic E-state index is 0.194. The molecule has 4 nitrogen and oxygen atoms in total. The fourth-order valence-electron chi connectivity index (χ4n) is 3.10. The average molecular weight is 239 g/mol. The van der Waals surface area contributed by atoms with Crippen molar-refractivity contribution in [3.05, 3.63) is 0 Å². The van der Waals surface area contributed by atoms with Gasteiger partial charge in [-0.25, -0.2) is 0 Å². The van der Waals surface area contributed by atoms with Gasteiger partial charge in [-0.3, -0.25) is 9.69 Å². The molecule has 0 aromatic carbocycles. The van der Waals surface area contributed by atoms with Gasteiger partial charge in [-0.15, -0.1) is 0 Å². The van der Waals surface area contributed by atoms with Crippen LogP contribution in [0.25, 0.3) is 0 Å². The van der Waals surface area contributed by atoms with Crippen LogP contribution in [0.1, 0.15) is 39.5 Å². The van der Waals surface area contributed by atoms with Gasteiger partial charge in [0.1, 0.15) is 0 Å². The number of carbonyl (C=O) groups is 1. The number of piperidine rings is 1. The first-order valence-corrected chi connectivity index (χ1v) is 6.99. The normalized spacial score (nSPS) is 31.8. The first kappa shape index (κ1) is 12.8. The molecule has 2 unspecified atom stereocenters. The van der Waals surface area contributed by atoms with E-state index in [-0.39, 0.29) is 5.91 Å². The number of fused-ring (bicyclic) bond motifs is 2. The molecule has 98 valence electrons. The summed E-state index contributed by atoms with van der Waals surface area (Å²) in [4.78, 5) is 14.1. The smallest absolute Gasteiger partial charge is 0.234 e. The van der Waals surface area contributed by atoms with E-state index in [0.29, 0.717) is 24.7 Å². The Morgan fingerprint density at radius 2 is 1.82 bits per heavy atom. The Bertz CT molecular complexity index is 253. The van der Waals surface area contributed by atoms with Gasteiger partial charge in [0, 0.05) is 18.1 Å². The number of nitrogens with one attached hydrogen (secondary N) is 2.